The summed E-state index contributed by atoms with van der Waals surface area (Å²) in [7, 11) is 0. The van der Waals surface area contributed by atoms with E-state index in [1.165, 1.54) is 0 Å². The summed E-state index contributed by atoms with van der Waals surface area (Å²) < 4.78 is 5.55. The first kappa shape index (κ1) is 18.5. The number of aryl methyl sites for hydroxylation is 1. The summed E-state index contributed by atoms with van der Waals surface area (Å²) >= 11 is 0. The van der Waals surface area contributed by atoms with E-state index in [1.807, 2.05) is 26.8 Å². The van der Waals surface area contributed by atoms with Crippen molar-refractivity contribution in [2.45, 2.75) is 52.6 Å². The molecular formula is C19H28N2O3. The van der Waals surface area contributed by atoms with Gasteiger partial charge in [0.15, 0.2) is 0 Å². The number of rotatable bonds is 7. The Balaban J connectivity index is 1.85. The monoisotopic (exact) mass is 332 g/mol. The Morgan fingerprint density at radius 3 is 2.75 bits per heavy atom. The number of ether oxygens (including phenoxy) is 1. The van der Waals surface area contributed by atoms with Gasteiger partial charge in [-0.1, -0.05) is 13.8 Å². The minimum atomic E-state index is -0.0869. The van der Waals surface area contributed by atoms with Crippen LogP contribution in [0.25, 0.3) is 0 Å². The van der Waals surface area contributed by atoms with Gasteiger partial charge in [-0.3, -0.25) is 9.59 Å². The molecule has 2 rings (SSSR count). The van der Waals surface area contributed by atoms with Crippen molar-refractivity contribution in [3.63, 3.8) is 0 Å². The number of anilines is 1. The fourth-order valence-electron chi connectivity index (χ4n) is 2.84. The molecule has 0 aliphatic carbocycles. The highest BCUT2D eigenvalue weighted by molar-refractivity contribution is 5.96. The zero-order valence-corrected chi connectivity index (χ0v) is 14.9. The molecule has 0 spiro atoms. The third-order valence-electron chi connectivity index (χ3n) is 4.13. The van der Waals surface area contributed by atoms with Crippen molar-refractivity contribution >= 4 is 17.5 Å². The van der Waals surface area contributed by atoms with Crippen LogP contribution < -0.4 is 10.6 Å². The van der Waals surface area contributed by atoms with Gasteiger partial charge in [0.1, 0.15) is 0 Å². The van der Waals surface area contributed by atoms with E-state index in [2.05, 4.69) is 10.6 Å². The smallest absolute Gasteiger partial charge is 0.251 e. The van der Waals surface area contributed by atoms with E-state index in [9.17, 15) is 9.59 Å². The maximum atomic E-state index is 12.2. The van der Waals surface area contributed by atoms with Crippen LogP contribution in [0.2, 0.25) is 0 Å². The van der Waals surface area contributed by atoms with Gasteiger partial charge in [0.05, 0.1) is 6.10 Å². The van der Waals surface area contributed by atoms with Crippen LogP contribution in [0.1, 0.15) is 55.5 Å². The second-order valence-corrected chi connectivity index (χ2v) is 6.86. The Bertz CT molecular complexity index is 578. The highest BCUT2D eigenvalue weighted by Gasteiger charge is 2.16. The number of benzene rings is 1. The third kappa shape index (κ3) is 5.64. The molecule has 0 saturated carbocycles. The van der Waals surface area contributed by atoms with Gasteiger partial charge in [-0.15, -0.1) is 0 Å². The Hall–Kier alpha value is -1.88. The van der Waals surface area contributed by atoms with Crippen molar-refractivity contribution in [3.05, 3.63) is 29.3 Å². The SMILES string of the molecule is Cc1cc(C(=O)NCC[C@H]2CCCO2)ccc1NC(=O)CC(C)C. The van der Waals surface area contributed by atoms with E-state index in [4.69, 9.17) is 4.74 Å². The molecule has 5 nitrogen and oxygen atoms in total. The zero-order valence-electron chi connectivity index (χ0n) is 14.9. The molecular weight excluding hydrogens is 304 g/mol. The predicted octanol–water partition coefficient (Wildman–Crippen LogP) is 3.28. The number of nitrogens with one attached hydrogen (secondary N) is 2. The molecule has 1 aliphatic rings. The fraction of sp³-hybridized carbons (Fsp3) is 0.579. The van der Waals surface area contributed by atoms with Gasteiger partial charge in [-0.05, 0) is 55.9 Å². The minimum absolute atomic E-state index is 0.00173. The summed E-state index contributed by atoms with van der Waals surface area (Å²) in [6, 6.07) is 5.36. The molecule has 0 bridgehead atoms. The lowest BCUT2D eigenvalue weighted by atomic mass is 10.1. The van der Waals surface area contributed by atoms with Crippen molar-refractivity contribution in [3.8, 4) is 0 Å². The van der Waals surface area contributed by atoms with Crippen LogP contribution in [0.3, 0.4) is 0 Å². The van der Waals surface area contributed by atoms with Crippen LogP contribution in [0.5, 0.6) is 0 Å². The molecule has 2 N–H and O–H groups in total. The molecule has 132 valence electrons. The van der Waals surface area contributed by atoms with E-state index >= 15 is 0 Å². The van der Waals surface area contributed by atoms with E-state index in [0.717, 1.165) is 37.1 Å². The van der Waals surface area contributed by atoms with Crippen LogP contribution in [0.4, 0.5) is 5.69 Å². The molecule has 0 unspecified atom stereocenters. The van der Waals surface area contributed by atoms with E-state index in [1.54, 1.807) is 12.1 Å². The lowest BCUT2D eigenvalue weighted by Crippen LogP contribution is -2.27. The van der Waals surface area contributed by atoms with Gasteiger partial charge >= 0.3 is 0 Å². The quantitative estimate of drug-likeness (QED) is 0.805. The second kappa shape index (κ2) is 8.83. The topological polar surface area (TPSA) is 67.4 Å². The standard InChI is InChI=1S/C19H28N2O3/c1-13(2)11-18(22)21-17-7-6-15(12-14(17)3)19(23)20-9-8-16-5-4-10-24-16/h6-7,12-13,16H,4-5,8-11H2,1-3H3,(H,20,23)(H,21,22)/t16-/m1/s1. The molecule has 5 heteroatoms. The summed E-state index contributed by atoms with van der Waals surface area (Å²) in [5.74, 6) is 0.234. The average Bonchev–Trinajstić information content (AvgIpc) is 3.01. The van der Waals surface area contributed by atoms with Gasteiger partial charge in [0.25, 0.3) is 5.91 Å². The Kier molecular flexibility index (Phi) is 6.79. The molecule has 24 heavy (non-hydrogen) atoms. The Morgan fingerprint density at radius 1 is 1.33 bits per heavy atom. The highest BCUT2D eigenvalue weighted by Crippen LogP contribution is 2.18. The van der Waals surface area contributed by atoms with Crippen LogP contribution in [0.15, 0.2) is 18.2 Å². The molecule has 0 aromatic heterocycles. The van der Waals surface area contributed by atoms with Crippen LogP contribution >= 0.6 is 0 Å². The van der Waals surface area contributed by atoms with Crippen LogP contribution in [0, 0.1) is 12.8 Å². The first-order valence-electron chi connectivity index (χ1n) is 8.76. The third-order valence-corrected chi connectivity index (χ3v) is 4.13. The van der Waals surface area contributed by atoms with Gasteiger partial charge in [-0.25, -0.2) is 0 Å². The molecule has 0 radical (unpaired) electrons. The number of hydrogen-bond acceptors (Lipinski definition) is 3. The fourth-order valence-corrected chi connectivity index (χ4v) is 2.84. The predicted molar refractivity (Wildman–Crippen MR) is 95.2 cm³/mol. The number of hydrogen-bond donors (Lipinski definition) is 2. The Morgan fingerprint density at radius 2 is 2.12 bits per heavy atom. The number of carbonyl (C=O) groups is 2. The lowest BCUT2D eigenvalue weighted by molar-refractivity contribution is -0.116. The first-order valence-corrected chi connectivity index (χ1v) is 8.76. The summed E-state index contributed by atoms with van der Waals surface area (Å²) in [6.07, 6.45) is 3.83. The molecule has 1 heterocycles. The van der Waals surface area contributed by atoms with Crippen LogP contribution in [-0.2, 0) is 9.53 Å². The normalized spacial score (nSPS) is 17.1. The largest absolute Gasteiger partial charge is 0.378 e. The molecule has 1 aliphatic heterocycles. The molecule has 1 fully saturated rings. The van der Waals surface area contributed by atoms with E-state index in [0.29, 0.717) is 24.4 Å². The summed E-state index contributed by atoms with van der Waals surface area (Å²) in [5.41, 5.74) is 2.26. The van der Waals surface area contributed by atoms with Crippen molar-refractivity contribution in [2.24, 2.45) is 5.92 Å². The van der Waals surface area contributed by atoms with E-state index < -0.39 is 0 Å². The van der Waals surface area contributed by atoms with Gasteiger partial charge in [0, 0.05) is 30.8 Å². The van der Waals surface area contributed by atoms with Gasteiger partial charge in [-0.2, -0.15) is 0 Å². The van der Waals surface area contributed by atoms with Gasteiger partial charge < -0.3 is 15.4 Å². The van der Waals surface area contributed by atoms with E-state index in [-0.39, 0.29) is 17.9 Å². The maximum Gasteiger partial charge on any atom is 0.251 e. The summed E-state index contributed by atoms with van der Waals surface area (Å²) in [5, 5.41) is 5.83. The second-order valence-electron chi connectivity index (χ2n) is 6.86. The minimum Gasteiger partial charge on any atom is -0.378 e. The highest BCUT2D eigenvalue weighted by atomic mass is 16.5. The van der Waals surface area contributed by atoms with Crippen molar-refractivity contribution in [1.82, 2.24) is 5.32 Å². The average molecular weight is 332 g/mol. The molecule has 2 amide bonds. The Labute approximate surface area is 144 Å². The number of carbonyl (C=O) groups excluding carboxylic acids is 2. The van der Waals surface area contributed by atoms with Crippen molar-refractivity contribution in [1.29, 1.82) is 0 Å². The van der Waals surface area contributed by atoms with Crippen LogP contribution in [-0.4, -0.2) is 31.1 Å². The number of amides is 2. The molecule has 1 aromatic carbocycles. The maximum absolute atomic E-state index is 12.2. The first-order chi connectivity index (χ1) is 11.5. The molecule has 1 atom stereocenters. The van der Waals surface area contributed by atoms with Gasteiger partial charge in [0.2, 0.25) is 5.91 Å². The summed E-state index contributed by atoms with van der Waals surface area (Å²) in [4.78, 5) is 24.1. The lowest BCUT2D eigenvalue weighted by Gasteiger charge is -2.12. The van der Waals surface area contributed by atoms with Crippen molar-refractivity contribution in [2.75, 3.05) is 18.5 Å². The zero-order chi connectivity index (χ0) is 17.5. The summed E-state index contributed by atoms with van der Waals surface area (Å²) in [6.45, 7) is 7.37. The molecule has 1 aromatic rings. The molecule has 1 saturated heterocycles. The van der Waals surface area contributed by atoms with Crippen molar-refractivity contribution < 1.29 is 14.3 Å².